The van der Waals surface area contributed by atoms with Crippen molar-refractivity contribution < 1.29 is 18.7 Å². The Bertz CT molecular complexity index is 534. The zero-order valence-electron chi connectivity index (χ0n) is 10.9. The van der Waals surface area contributed by atoms with Gasteiger partial charge >= 0.3 is 5.97 Å². The Morgan fingerprint density at radius 2 is 2.25 bits per heavy atom. The van der Waals surface area contributed by atoms with E-state index in [9.17, 15) is 14.0 Å². The quantitative estimate of drug-likeness (QED) is 0.617. The monoisotopic (exact) mass is 300 g/mol. The van der Waals surface area contributed by atoms with Gasteiger partial charge in [-0.25, -0.2) is 9.37 Å². The van der Waals surface area contributed by atoms with Crippen molar-refractivity contribution in [2.24, 2.45) is 0 Å². The fraction of sp³-hybridized carbons (Fsp3) is 0.462. The number of nitrogens with zero attached hydrogens (tertiary/aromatic N) is 2. The predicted octanol–water partition coefficient (Wildman–Crippen LogP) is 2.04. The Kier molecular flexibility index (Phi) is 4.54. The van der Waals surface area contributed by atoms with Gasteiger partial charge in [0.15, 0.2) is 0 Å². The second-order valence-electron chi connectivity index (χ2n) is 4.46. The number of hydrogen-bond acceptors (Lipinski definition) is 4. The first-order valence-electron chi connectivity index (χ1n) is 6.30. The van der Waals surface area contributed by atoms with Crippen LogP contribution in [0.1, 0.15) is 30.1 Å². The Labute approximate surface area is 120 Å². The van der Waals surface area contributed by atoms with E-state index in [1.165, 1.54) is 4.90 Å². The summed E-state index contributed by atoms with van der Waals surface area (Å²) in [6.07, 6.45) is 2.56. The number of amides is 1. The lowest BCUT2D eigenvalue weighted by Crippen LogP contribution is -2.38. The van der Waals surface area contributed by atoms with E-state index in [1.807, 2.05) is 0 Å². The third kappa shape index (κ3) is 3.45. The lowest BCUT2D eigenvalue weighted by Gasteiger charge is -2.21. The van der Waals surface area contributed by atoms with Crippen LogP contribution < -0.4 is 0 Å². The highest BCUT2D eigenvalue weighted by molar-refractivity contribution is 6.32. The number of halogens is 2. The van der Waals surface area contributed by atoms with Gasteiger partial charge in [-0.3, -0.25) is 9.59 Å². The fourth-order valence-electron chi connectivity index (χ4n) is 1.83. The van der Waals surface area contributed by atoms with Crippen LogP contribution >= 0.6 is 11.6 Å². The zero-order chi connectivity index (χ0) is 14.7. The summed E-state index contributed by atoms with van der Waals surface area (Å²) in [6.45, 7) is 1.77. The number of ether oxygens (including phenoxy) is 1. The van der Waals surface area contributed by atoms with Gasteiger partial charge in [-0.1, -0.05) is 11.6 Å². The largest absolute Gasteiger partial charge is 0.465 e. The van der Waals surface area contributed by atoms with Crippen LogP contribution in [-0.4, -0.2) is 41.0 Å². The minimum absolute atomic E-state index is 0.0220. The average molecular weight is 301 g/mol. The van der Waals surface area contributed by atoms with Gasteiger partial charge in [-0.05, 0) is 25.8 Å². The molecule has 20 heavy (non-hydrogen) atoms. The Morgan fingerprint density at radius 3 is 2.85 bits per heavy atom. The first-order valence-corrected chi connectivity index (χ1v) is 6.68. The van der Waals surface area contributed by atoms with Crippen molar-refractivity contribution in [1.29, 1.82) is 0 Å². The van der Waals surface area contributed by atoms with E-state index in [0.717, 1.165) is 25.1 Å². The molecule has 1 saturated carbocycles. The molecule has 0 aromatic carbocycles. The molecule has 0 bridgehead atoms. The number of aromatic nitrogens is 1. The van der Waals surface area contributed by atoms with Gasteiger partial charge in [0.2, 0.25) is 0 Å². The summed E-state index contributed by atoms with van der Waals surface area (Å²) in [4.78, 5) is 28.9. The number of esters is 1. The Balaban J connectivity index is 2.18. The molecule has 1 amide bonds. The van der Waals surface area contributed by atoms with Crippen molar-refractivity contribution in [2.45, 2.75) is 25.8 Å². The van der Waals surface area contributed by atoms with Crippen molar-refractivity contribution in [3.63, 3.8) is 0 Å². The maximum Gasteiger partial charge on any atom is 0.325 e. The Hall–Kier alpha value is -1.69. The van der Waals surface area contributed by atoms with Gasteiger partial charge < -0.3 is 9.64 Å². The summed E-state index contributed by atoms with van der Waals surface area (Å²) in [5.74, 6) is -1.64. The van der Waals surface area contributed by atoms with Crippen LogP contribution in [0.15, 0.2) is 12.3 Å². The summed E-state index contributed by atoms with van der Waals surface area (Å²) >= 11 is 5.82. The van der Waals surface area contributed by atoms with E-state index in [-0.39, 0.29) is 29.9 Å². The molecule has 1 aromatic rings. The molecule has 108 valence electrons. The molecule has 0 N–H and O–H groups in total. The lowest BCUT2D eigenvalue weighted by molar-refractivity contribution is -0.144. The van der Waals surface area contributed by atoms with Gasteiger partial charge in [0, 0.05) is 6.04 Å². The van der Waals surface area contributed by atoms with Crippen molar-refractivity contribution in [1.82, 2.24) is 9.88 Å². The zero-order valence-corrected chi connectivity index (χ0v) is 11.7. The van der Waals surface area contributed by atoms with E-state index in [1.54, 1.807) is 6.92 Å². The van der Waals surface area contributed by atoms with Crippen LogP contribution in [0.5, 0.6) is 0 Å². The first kappa shape index (κ1) is 14.7. The highest BCUT2D eigenvalue weighted by atomic mass is 35.5. The lowest BCUT2D eigenvalue weighted by atomic mass is 10.2. The molecule has 2 rings (SSSR count). The van der Waals surface area contributed by atoms with Crippen LogP contribution in [-0.2, 0) is 9.53 Å². The predicted molar refractivity (Wildman–Crippen MR) is 69.9 cm³/mol. The van der Waals surface area contributed by atoms with E-state index >= 15 is 0 Å². The first-order chi connectivity index (χ1) is 9.52. The third-order valence-corrected chi connectivity index (χ3v) is 3.19. The normalized spacial score (nSPS) is 13.9. The molecular weight excluding hydrogens is 287 g/mol. The molecule has 0 aliphatic heterocycles. The number of carbonyl (C=O) groups excluding carboxylic acids is 2. The Morgan fingerprint density at radius 1 is 1.55 bits per heavy atom. The van der Waals surface area contributed by atoms with Crippen LogP contribution in [0.25, 0.3) is 0 Å². The number of hydrogen-bond donors (Lipinski definition) is 0. The summed E-state index contributed by atoms with van der Waals surface area (Å²) in [5.41, 5.74) is -0.0390. The third-order valence-electron chi connectivity index (χ3n) is 2.89. The van der Waals surface area contributed by atoms with E-state index < -0.39 is 17.7 Å². The molecule has 7 heteroatoms. The van der Waals surface area contributed by atoms with Gasteiger partial charge in [0.1, 0.15) is 17.5 Å². The second kappa shape index (κ2) is 6.17. The van der Waals surface area contributed by atoms with Crippen molar-refractivity contribution in [3.8, 4) is 0 Å². The molecule has 0 radical (unpaired) electrons. The number of pyridine rings is 1. The molecule has 1 heterocycles. The summed E-state index contributed by atoms with van der Waals surface area (Å²) < 4.78 is 18.0. The number of carbonyl (C=O) groups is 2. The molecule has 1 aliphatic rings. The SMILES string of the molecule is CCOC(=O)CN(C(=O)c1cc(F)cnc1Cl)C1CC1. The minimum Gasteiger partial charge on any atom is -0.465 e. The van der Waals surface area contributed by atoms with Crippen molar-refractivity contribution in [2.75, 3.05) is 13.2 Å². The molecular formula is C13H14ClFN2O3. The van der Waals surface area contributed by atoms with Crippen molar-refractivity contribution >= 4 is 23.5 Å². The maximum absolute atomic E-state index is 13.2. The van der Waals surface area contributed by atoms with Gasteiger partial charge in [-0.15, -0.1) is 0 Å². The minimum atomic E-state index is -0.648. The summed E-state index contributed by atoms with van der Waals surface area (Å²) in [6, 6.07) is 1.00. The number of rotatable bonds is 5. The molecule has 0 saturated heterocycles. The highest BCUT2D eigenvalue weighted by Crippen LogP contribution is 2.29. The highest BCUT2D eigenvalue weighted by Gasteiger charge is 2.35. The molecule has 5 nitrogen and oxygen atoms in total. The topological polar surface area (TPSA) is 59.5 Å². The fourth-order valence-corrected chi connectivity index (χ4v) is 2.01. The summed E-state index contributed by atoms with van der Waals surface area (Å²) in [5, 5.41) is -0.0779. The van der Waals surface area contributed by atoms with Crippen LogP contribution in [0.4, 0.5) is 4.39 Å². The molecule has 0 spiro atoms. The standard InChI is InChI=1S/C13H14ClFN2O3/c1-2-20-11(18)7-17(9-3-4-9)13(19)10-5-8(15)6-16-12(10)14/h5-6,9H,2-4,7H2,1H3. The maximum atomic E-state index is 13.2. The van der Waals surface area contributed by atoms with Gasteiger partial charge in [-0.2, -0.15) is 0 Å². The van der Waals surface area contributed by atoms with Gasteiger partial charge in [0.05, 0.1) is 18.4 Å². The van der Waals surface area contributed by atoms with Crippen molar-refractivity contribution in [3.05, 3.63) is 28.8 Å². The summed E-state index contributed by atoms with van der Waals surface area (Å²) in [7, 11) is 0. The molecule has 0 unspecified atom stereocenters. The molecule has 0 atom stereocenters. The van der Waals surface area contributed by atoms with E-state index in [0.29, 0.717) is 0 Å². The van der Waals surface area contributed by atoms with E-state index in [4.69, 9.17) is 16.3 Å². The van der Waals surface area contributed by atoms with E-state index in [2.05, 4.69) is 4.98 Å². The van der Waals surface area contributed by atoms with Crippen LogP contribution in [0, 0.1) is 5.82 Å². The van der Waals surface area contributed by atoms with Crippen LogP contribution in [0.3, 0.4) is 0 Å². The molecule has 1 fully saturated rings. The smallest absolute Gasteiger partial charge is 0.325 e. The second-order valence-corrected chi connectivity index (χ2v) is 4.82. The van der Waals surface area contributed by atoms with Gasteiger partial charge in [0.25, 0.3) is 5.91 Å². The molecule has 1 aliphatic carbocycles. The van der Waals surface area contributed by atoms with Crippen LogP contribution in [0.2, 0.25) is 5.15 Å². The molecule has 1 aromatic heterocycles. The average Bonchev–Trinajstić information content (AvgIpc) is 3.23.